The van der Waals surface area contributed by atoms with E-state index >= 15 is 0 Å². The molecule has 1 aromatic carbocycles. The molecule has 18 heavy (non-hydrogen) atoms. The van der Waals surface area contributed by atoms with E-state index < -0.39 is 27.5 Å². The van der Waals surface area contributed by atoms with Gasteiger partial charge in [-0.3, -0.25) is 4.79 Å². The Morgan fingerprint density at radius 1 is 1.33 bits per heavy atom. The highest BCUT2D eigenvalue weighted by atomic mass is 32.2. The van der Waals surface area contributed by atoms with Gasteiger partial charge in [0.15, 0.2) is 9.84 Å². The maximum absolute atomic E-state index is 11.6. The standard InChI is InChI=1S/C11H13NO5S/c1-12-10(13)7-18(16,17)6-8-3-2-4-9(5-8)11(14)15/h2-5H,6-7H2,1H3,(H,12,13)(H,14,15). The van der Waals surface area contributed by atoms with Crippen molar-refractivity contribution in [2.45, 2.75) is 5.75 Å². The first-order chi connectivity index (χ1) is 8.34. The molecule has 0 fully saturated rings. The van der Waals surface area contributed by atoms with Crippen molar-refractivity contribution in [1.82, 2.24) is 5.32 Å². The minimum absolute atomic E-state index is 0.0163. The van der Waals surface area contributed by atoms with Crippen LogP contribution in [0.2, 0.25) is 0 Å². The molecule has 1 rings (SSSR count). The Morgan fingerprint density at radius 2 is 2.00 bits per heavy atom. The molecule has 6 nitrogen and oxygen atoms in total. The predicted octanol–water partition coefficient (Wildman–Crippen LogP) is 0.0456. The Morgan fingerprint density at radius 3 is 2.56 bits per heavy atom. The van der Waals surface area contributed by atoms with Gasteiger partial charge in [-0.25, -0.2) is 13.2 Å². The molecule has 7 heteroatoms. The number of hydrogen-bond donors (Lipinski definition) is 2. The van der Waals surface area contributed by atoms with E-state index in [-0.39, 0.29) is 11.3 Å². The smallest absolute Gasteiger partial charge is 0.335 e. The van der Waals surface area contributed by atoms with E-state index in [2.05, 4.69) is 5.32 Å². The van der Waals surface area contributed by atoms with Crippen LogP contribution in [0, 0.1) is 0 Å². The summed E-state index contributed by atoms with van der Waals surface area (Å²) in [5.41, 5.74) is 0.362. The second-order valence-corrected chi connectivity index (χ2v) is 5.78. The number of carboxylic acids is 1. The number of nitrogens with one attached hydrogen (secondary N) is 1. The lowest BCUT2D eigenvalue weighted by Crippen LogP contribution is -2.27. The van der Waals surface area contributed by atoms with Crippen LogP contribution in [0.25, 0.3) is 0 Å². The molecule has 0 saturated carbocycles. The Bertz CT molecular complexity index is 565. The molecule has 0 bridgehead atoms. The summed E-state index contributed by atoms with van der Waals surface area (Å²) in [5, 5.41) is 11.0. The second kappa shape index (κ2) is 5.63. The molecule has 0 radical (unpaired) electrons. The van der Waals surface area contributed by atoms with E-state index in [1.807, 2.05) is 0 Å². The van der Waals surface area contributed by atoms with Crippen molar-refractivity contribution in [1.29, 1.82) is 0 Å². The van der Waals surface area contributed by atoms with Gasteiger partial charge in [0.25, 0.3) is 0 Å². The summed E-state index contributed by atoms with van der Waals surface area (Å²) >= 11 is 0. The van der Waals surface area contributed by atoms with Gasteiger partial charge in [0.2, 0.25) is 5.91 Å². The van der Waals surface area contributed by atoms with Crippen LogP contribution in [0.15, 0.2) is 24.3 Å². The monoisotopic (exact) mass is 271 g/mol. The lowest BCUT2D eigenvalue weighted by atomic mass is 10.1. The Hall–Kier alpha value is -1.89. The molecule has 0 aromatic heterocycles. The minimum atomic E-state index is -3.59. The highest BCUT2D eigenvalue weighted by Crippen LogP contribution is 2.10. The van der Waals surface area contributed by atoms with Crippen molar-refractivity contribution in [2.24, 2.45) is 0 Å². The average molecular weight is 271 g/mol. The van der Waals surface area contributed by atoms with Crippen LogP contribution in [0.3, 0.4) is 0 Å². The zero-order valence-corrected chi connectivity index (χ0v) is 10.5. The van der Waals surface area contributed by atoms with Crippen LogP contribution in [-0.2, 0) is 20.4 Å². The highest BCUT2D eigenvalue weighted by molar-refractivity contribution is 7.91. The predicted molar refractivity (Wildman–Crippen MR) is 65.0 cm³/mol. The van der Waals surface area contributed by atoms with Gasteiger partial charge in [0, 0.05) is 7.05 Å². The lowest BCUT2D eigenvalue weighted by Gasteiger charge is -2.04. The molecule has 2 N–H and O–H groups in total. The molecule has 0 saturated heterocycles. The lowest BCUT2D eigenvalue weighted by molar-refractivity contribution is -0.118. The van der Waals surface area contributed by atoms with E-state index in [4.69, 9.17) is 5.11 Å². The molecular formula is C11H13NO5S. The van der Waals surface area contributed by atoms with Crippen LogP contribution in [0.5, 0.6) is 0 Å². The number of rotatable bonds is 5. The van der Waals surface area contributed by atoms with Gasteiger partial charge < -0.3 is 10.4 Å². The number of aromatic carboxylic acids is 1. The van der Waals surface area contributed by atoms with Crippen molar-refractivity contribution in [3.05, 3.63) is 35.4 Å². The first-order valence-electron chi connectivity index (χ1n) is 5.07. The molecule has 0 aliphatic heterocycles. The molecule has 0 aliphatic carbocycles. The van der Waals surface area contributed by atoms with Gasteiger partial charge in [0.1, 0.15) is 5.75 Å². The topological polar surface area (TPSA) is 101 Å². The fourth-order valence-electron chi connectivity index (χ4n) is 1.37. The number of amides is 1. The summed E-state index contributed by atoms with van der Waals surface area (Å²) in [4.78, 5) is 21.7. The van der Waals surface area contributed by atoms with Gasteiger partial charge in [-0.05, 0) is 17.7 Å². The van der Waals surface area contributed by atoms with E-state index in [1.165, 1.54) is 31.3 Å². The third-order valence-electron chi connectivity index (χ3n) is 2.19. The van der Waals surface area contributed by atoms with Gasteiger partial charge in [0.05, 0.1) is 11.3 Å². The average Bonchev–Trinajstić information content (AvgIpc) is 2.27. The quantitative estimate of drug-likeness (QED) is 0.787. The summed E-state index contributed by atoms with van der Waals surface area (Å²) in [6, 6.07) is 5.63. The highest BCUT2D eigenvalue weighted by Gasteiger charge is 2.17. The van der Waals surface area contributed by atoms with E-state index in [1.54, 1.807) is 0 Å². The van der Waals surface area contributed by atoms with Crippen molar-refractivity contribution < 1.29 is 23.1 Å². The number of carbonyl (C=O) groups excluding carboxylic acids is 1. The molecule has 98 valence electrons. The fraction of sp³-hybridized carbons (Fsp3) is 0.273. The van der Waals surface area contributed by atoms with Gasteiger partial charge >= 0.3 is 5.97 Å². The SMILES string of the molecule is CNC(=O)CS(=O)(=O)Cc1cccc(C(=O)O)c1. The summed E-state index contributed by atoms with van der Waals surface area (Å²) in [6.45, 7) is 0. The third kappa shape index (κ3) is 4.17. The van der Waals surface area contributed by atoms with Crippen LogP contribution in [0.4, 0.5) is 0 Å². The number of carbonyl (C=O) groups is 2. The fourth-order valence-corrected chi connectivity index (χ4v) is 2.70. The minimum Gasteiger partial charge on any atom is -0.478 e. The van der Waals surface area contributed by atoms with Crippen LogP contribution in [-0.4, -0.2) is 38.2 Å². The number of benzene rings is 1. The first kappa shape index (κ1) is 14.2. The Kier molecular flexibility index (Phi) is 4.43. The normalized spacial score (nSPS) is 10.9. The van der Waals surface area contributed by atoms with Crippen molar-refractivity contribution in [2.75, 3.05) is 12.8 Å². The molecule has 1 aromatic rings. The Labute approximate surface area is 105 Å². The summed E-state index contributed by atoms with van der Waals surface area (Å²) in [5.74, 6) is -2.69. The Balaban J connectivity index is 2.87. The zero-order chi connectivity index (χ0) is 13.8. The zero-order valence-electron chi connectivity index (χ0n) is 9.71. The molecule has 0 heterocycles. The molecule has 0 unspecified atom stereocenters. The third-order valence-corrected chi connectivity index (χ3v) is 3.67. The maximum Gasteiger partial charge on any atom is 0.335 e. The van der Waals surface area contributed by atoms with Crippen molar-refractivity contribution >= 4 is 21.7 Å². The van der Waals surface area contributed by atoms with Crippen molar-refractivity contribution in [3.8, 4) is 0 Å². The van der Waals surface area contributed by atoms with Crippen LogP contribution in [0.1, 0.15) is 15.9 Å². The first-order valence-corrected chi connectivity index (χ1v) is 6.89. The molecular weight excluding hydrogens is 258 g/mol. The second-order valence-electron chi connectivity index (χ2n) is 3.71. The maximum atomic E-state index is 11.6. The summed E-state index contributed by atoms with van der Waals surface area (Å²) in [6.07, 6.45) is 0. The summed E-state index contributed by atoms with van der Waals surface area (Å²) < 4.78 is 23.3. The van der Waals surface area contributed by atoms with Gasteiger partial charge in [-0.1, -0.05) is 12.1 Å². The van der Waals surface area contributed by atoms with Gasteiger partial charge in [-0.15, -0.1) is 0 Å². The van der Waals surface area contributed by atoms with Gasteiger partial charge in [-0.2, -0.15) is 0 Å². The number of hydrogen-bond acceptors (Lipinski definition) is 4. The van der Waals surface area contributed by atoms with E-state index in [0.29, 0.717) is 5.56 Å². The molecule has 0 spiro atoms. The summed E-state index contributed by atoms with van der Waals surface area (Å²) in [7, 11) is -2.24. The van der Waals surface area contributed by atoms with Crippen LogP contribution >= 0.6 is 0 Å². The number of sulfone groups is 1. The van der Waals surface area contributed by atoms with E-state index in [0.717, 1.165) is 0 Å². The largest absolute Gasteiger partial charge is 0.478 e. The molecule has 1 amide bonds. The number of carboxylic acid groups (broad SMARTS) is 1. The molecule has 0 aliphatic rings. The van der Waals surface area contributed by atoms with Crippen LogP contribution < -0.4 is 5.32 Å². The molecule has 0 atom stereocenters. The van der Waals surface area contributed by atoms with Crippen molar-refractivity contribution in [3.63, 3.8) is 0 Å². The van der Waals surface area contributed by atoms with E-state index in [9.17, 15) is 18.0 Å².